The number of nitrogens with zero attached hydrogens (tertiary/aromatic N) is 4. The molecule has 1 unspecified atom stereocenters. The number of hydrogen-bond donors (Lipinski definition) is 2. The van der Waals surface area contributed by atoms with E-state index in [-0.39, 0.29) is 5.69 Å². The van der Waals surface area contributed by atoms with Crippen LogP contribution in [0.4, 0.5) is 5.82 Å². The van der Waals surface area contributed by atoms with Crippen LogP contribution in [0.3, 0.4) is 0 Å². The number of carbonyl (C=O) groups excluding carboxylic acids is 1. The van der Waals surface area contributed by atoms with Crippen LogP contribution < -0.4 is 29.6 Å². The lowest BCUT2D eigenvalue weighted by Gasteiger charge is -2.16. The van der Waals surface area contributed by atoms with Crippen molar-refractivity contribution in [2.75, 3.05) is 26.1 Å². The van der Waals surface area contributed by atoms with E-state index in [1.165, 1.54) is 17.1 Å². The molecule has 0 saturated carbocycles. The molecule has 1 atom stereocenters. The second kappa shape index (κ2) is 10.9. The molecule has 38 heavy (non-hydrogen) atoms. The first-order valence-corrected chi connectivity index (χ1v) is 11.8. The van der Waals surface area contributed by atoms with Gasteiger partial charge in [-0.05, 0) is 42.8 Å². The van der Waals surface area contributed by atoms with Crippen molar-refractivity contribution in [3.8, 4) is 23.0 Å². The van der Waals surface area contributed by atoms with Crippen LogP contribution in [-0.4, -0.2) is 47.7 Å². The van der Waals surface area contributed by atoms with Gasteiger partial charge in [-0.15, -0.1) is 0 Å². The average Bonchev–Trinajstić information content (AvgIpc) is 3.58. The van der Waals surface area contributed by atoms with E-state index in [0.717, 1.165) is 11.1 Å². The van der Waals surface area contributed by atoms with E-state index >= 15 is 0 Å². The molecule has 1 aromatic carbocycles. The molecule has 12 nitrogen and oxygen atoms in total. The second-order valence-electron chi connectivity index (χ2n) is 8.03. The molecular weight excluding hydrogens is 492 g/mol. The molecule has 2 aliphatic rings. The van der Waals surface area contributed by atoms with E-state index in [1.807, 2.05) is 19.1 Å². The third-order valence-corrected chi connectivity index (χ3v) is 5.64. The molecular formula is C26H26N6O6. The highest BCUT2D eigenvalue weighted by Gasteiger charge is 2.23. The van der Waals surface area contributed by atoms with Crippen LogP contribution in [0, 0.1) is 0 Å². The maximum atomic E-state index is 13.0. The van der Waals surface area contributed by atoms with Crippen LogP contribution >= 0.6 is 0 Å². The number of amides is 1. The maximum Gasteiger partial charge on any atom is 0.281 e. The molecule has 0 fully saturated rings. The molecule has 2 aliphatic heterocycles. The fourth-order valence-electron chi connectivity index (χ4n) is 3.88. The maximum absolute atomic E-state index is 13.0. The highest BCUT2D eigenvalue weighted by molar-refractivity contribution is 6.04. The molecule has 0 radical (unpaired) electrons. The molecule has 5 rings (SSSR count). The van der Waals surface area contributed by atoms with Gasteiger partial charge >= 0.3 is 0 Å². The predicted octanol–water partition coefficient (Wildman–Crippen LogP) is 3.50. The third kappa shape index (κ3) is 5.09. The number of carbonyl (C=O) groups is 1. The monoisotopic (exact) mass is 518 g/mol. The SMILES string of the molecule is CCOc1cn(C2NC=CO2)nc1C(=O)Nc1ccc(OC2=CC=NCc3cc(OC)c(OC)cc32)cn1. The standard InChI is InChI=1S/C26H26N6O6/c1-4-36-22-15-32(26-28-9-10-37-26)31-24(22)25(33)30-23-6-5-17(14-29-23)38-19-7-8-27-13-16-11-20(34-2)21(35-3)12-18(16)19/h5-12,14-15,26,28H,4,13H2,1-3H3,(H,29,30,33). The summed E-state index contributed by atoms with van der Waals surface area (Å²) in [5.74, 6) is 2.42. The number of anilines is 1. The number of fused-ring (bicyclic) bond motifs is 1. The summed E-state index contributed by atoms with van der Waals surface area (Å²) in [6, 6.07) is 7.08. The normalized spacial score (nSPS) is 15.4. The number of benzene rings is 1. The highest BCUT2D eigenvalue weighted by atomic mass is 16.5. The van der Waals surface area contributed by atoms with Crippen molar-refractivity contribution in [3.63, 3.8) is 0 Å². The lowest BCUT2D eigenvalue weighted by Crippen LogP contribution is -2.21. The minimum Gasteiger partial charge on any atom is -0.493 e. The van der Waals surface area contributed by atoms with Gasteiger partial charge in [0.05, 0.1) is 39.8 Å². The summed E-state index contributed by atoms with van der Waals surface area (Å²) in [6.45, 7) is 2.67. The third-order valence-electron chi connectivity index (χ3n) is 5.64. The largest absolute Gasteiger partial charge is 0.493 e. The highest BCUT2D eigenvalue weighted by Crippen LogP contribution is 2.35. The van der Waals surface area contributed by atoms with Gasteiger partial charge in [-0.25, -0.2) is 9.67 Å². The van der Waals surface area contributed by atoms with Crippen LogP contribution in [0.1, 0.15) is 34.9 Å². The summed E-state index contributed by atoms with van der Waals surface area (Å²) in [6.07, 6.45) is 9.17. The summed E-state index contributed by atoms with van der Waals surface area (Å²) in [7, 11) is 3.17. The Balaban J connectivity index is 1.31. The predicted molar refractivity (Wildman–Crippen MR) is 138 cm³/mol. The summed E-state index contributed by atoms with van der Waals surface area (Å²) in [5.41, 5.74) is 1.86. The first-order valence-electron chi connectivity index (χ1n) is 11.8. The molecule has 2 N–H and O–H groups in total. The molecule has 196 valence electrons. The molecule has 0 spiro atoms. The molecule has 2 aromatic heterocycles. The summed E-state index contributed by atoms with van der Waals surface area (Å²) < 4.78 is 29.4. The molecule has 0 saturated heterocycles. The molecule has 3 aromatic rings. The van der Waals surface area contributed by atoms with Gasteiger partial charge in [-0.3, -0.25) is 9.79 Å². The summed E-state index contributed by atoms with van der Waals surface area (Å²) in [4.78, 5) is 21.7. The van der Waals surface area contributed by atoms with Crippen LogP contribution in [0.2, 0.25) is 0 Å². The number of ether oxygens (including phenoxy) is 5. The van der Waals surface area contributed by atoms with Crippen molar-refractivity contribution >= 4 is 23.7 Å². The first-order chi connectivity index (χ1) is 18.6. The summed E-state index contributed by atoms with van der Waals surface area (Å²) in [5, 5.41) is 10.0. The van der Waals surface area contributed by atoms with Crippen LogP contribution in [0.5, 0.6) is 23.0 Å². The van der Waals surface area contributed by atoms with Crippen molar-refractivity contribution in [2.45, 2.75) is 19.8 Å². The van der Waals surface area contributed by atoms with Crippen LogP contribution in [-0.2, 0) is 11.3 Å². The van der Waals surface area contributed by atoms with Crippen molar-refractivity contribution in [1.29, 1.82) is 0 Å². The minimum absolute atomic E-state index is 0.107. The van der Waals surface area contributed by atoms with Crippen LogP contribution in [0.15, 0.2) is 60.2 Å². The molecule has 1 amide bonds. The van der Waals surface area contributed by atoms with Gasteiger partial charge in [0.1, 0.15) is 23.6 Å². The summed E-state index contributed by atoms with van der Waals surface area (Å²) >= 11 is 0. The Bertz CT molecular complexity index is 1400. The van der Waals surface area contributed by atoms with E-state index in [0.29, 0.717) is 47.7 Å². The Labute approximate surface area is 218 Å². The van der Waals surface area contributed by atoms with Crippen molar-refractivity contribution in [2.24, 2.45) is 4.99 Å². The quantitative estimate of drug-likeness (QED) is 0.437. The topological polar surface area (TPSA) is 130 Å². The Hall–Kier alpha value is -5.00. The molecule has 4 heterocycles. The Kier molecular flexibility index (Phi) is 7.11. The van der Waals surface area contributed by atoms with Gasteiger partial charge in [-0.1, -0.05) is 0 Å². The number of aromatic nitrogens is 3. The Morgan fingerprint density at radius 1 is 1.21 bits per heavy atom. The number of aliphatic imine (C=N–C) groups is 1. The lowest BCUT2D eigenvalue weighted by atomic mass is 10.0. The van der Waals surface area contributed by atoms with E-state index in [4.69, 9.17) is 23.7 Å². The zero-order valence-electron chi connectivity index (χ0n) is 21.0. The molecule has 12 heteroatoms. The number of rotatable bonds is 9. The number of pyridine rings is 1. The fraction of sp³-hybridized carbons (Fsp3) is 0.231. The van der Waals surface area contributed by atoms with Crippen molar-refractivity contribution in [1.82, 2.24) is 20.1 Å². The van der Waals surface area contributed by atoms with Crippen molar-refractivity contribution in [3.05, 3.63) is 72.0 Å². The number of methoxy groups -OCH3 is 2. The Morgan fingerprint density at radius 3 is 2.76 bits per heavy atom. The Morgan fingerprint density at radius 2 is 2.05 bits per heavy atom. The van der Waals surface area contributed by atoms with Gasteiger partial charge in [-0.2, -0.15) is 5.10 Å². The second-order valence-corrected chi connectivity index (χ2v) is 8.03. The van der Waals surface area contributed by atoms with E-state index in [2.05, 4.69) is 25.7 Å². The number of allylic oxidation sites excluding steroid dienone is 1. The minimum atomic E-state index is -0.556. The molecule has 0 aliphatic carbocycles. The smallest absolute Gasteiger partial charge is 0.281 e. The van der Waals surface area contributed by atoms with Gasteiger partial charge in [0.25, 0.3) is 12.3 Å². The van der Waals surface area contributed by atoms with Gasteiger partial charge < -0.3 is 34.3 Å². The fourth-order valence-corrected chi connectivity index (χ4v) is 3.88. The first kappa shape index (κ1) is 24.7. The van der Waals surface area contributed by atoms with Gasteiger partial charge in [0.15, 0.2) is 22.9 Å². The van der Waals surface area contributed by atoms with Gasteiger partial charge in [0, 0.05) is 18.0 Å². The van der Waals surface area contributed by atoms with Crippen LogP contribution in [0.25, 0.3) is 5.76 Å². The van der Waals surface area contributed by atoms with E-state index < -0.39 is 12.3 Å². The van der Waals surface area contributed by atoms with E-state index in [1.54, 1.807) is 51.0 Å². The average molecular weight is 519 g/mol. The van der Waals surface area contributed by atoms with Crippen molar-refractivity contribution < 1.29 is 28.5 Å². The molecule has 0 bridgehead atoms. The zero-order valence-corrected chi connectivity index (χ0v) is 21.0. The number of nitrogens with one attached hydrogen (secondary N) is 2. The van der Waals surface area contributed by atoms with E-state index in [9.17, 15) is 4.79 Å². The zero-order chi connectivity index (χ0) is 26.5. The lowest BCUT2D eigenvalue weighted by molar-refractivity contribution is 0.0724. The number of hydrogen-bond acceptors (Lipinski definition) is 10. The van der Waals surface area contributed by atoms with Gasteiger partial charge in [0.2, 0.25) is 0 Å².